The molecule has 1 aliphatic carbocycles. The molecule has 0 aromatic carbocycles. The number of aromatic nitrogens is 3. The third kappa shape index (κ3) is 4.61. The zero-order chi connectivity index (χ0) is 16.2. The molecule has 0 N–H and O–H groups in total. The first-order valence-electron chi connectivity index (χ1n) is 7.69. The second-order valence-corrected chi connectivity index (χ2v) is 5.89. The van der Waals surface area contributed by atoms with Crippen LogP contribution in [0.15, 0.2) is 0 Å². The van der Waals surface area contributed by atoms with Crippen molar-refractivity contribution in [3.8, 4) is 0 Å². The quantitative estimate of drug-likeness (QED) is 0.751. The van der Waals surface area contributed by atoms with Gasteiger partial charge in [-0.05, 0) is 18.8 Å². The summed E-state index contributed by atoms with van der Waals surface area (Å²) in [5, 5.41) is 12.4. The minimum atomic E-state index is -0.152. The summed E-state index contributed by atoms with van der Waals surface area (Å²) in [6.07, 6.45) is 2.39. The van der Waals surface area contributed by atoms with Crippen LogP contribution < -0.4 is 0 Å². The number of hydrogen-bond acceptors (Lipinski definition) is 3. The maximum atomic E-state index is 11.7. The van der Waals surface area contributed by atoms with Crippen LogP contribution in [0.25, 0.3) is 5.32 Å². The van der Waals surface area contributed by atoms with Gasteiger partial charge >= 0.3 is 0 Å². The van der Waals surface area contributed by atoms with Crippen LogP contribution in [0.1, 0.15) is 64.0 Å². The van der Waals surface area contributed by atoms with E-state index in [1.54, 1.807) is 14.0 Å². The fraction of sp³-hybridized carbons (Fsp3) is 0.750. The van der Waals surface area contributed by atoms with E-state index in [-0.39, 0.29) is 50.5 Å². The molecule has 1 saturated carbocycles. The molecule has 0 saturated heterocycles. The molecule has 22 heavy (non-hydrogen) atoms. The summed E-state index contributed by atoms with van der Waals surface area (Å²) in [5.74, 6) is 3.10. The Morgan fingerprint density at radius 3 is 2.32 bits per heavy atom. The van der Waals surface area contributed by atoms with E-state index in [9.17, 15) is 4.79 Å². The first-order chi connectivity index (χ1) is 9.95. The van der Waals surface area contributed by atoms with Gasteiger partial charge in [-0.2, -0.15) is 6.92 Å². The molecule has 0 spiro atoms. The molecule has 2 rings (SSSR count). The van der Waals surface area contributed by atoms with Crippen LogP contribution in [0.4, 0.5) is 0 Å². The van der Waals surface area contributed by atoms with Gasteiger partial charge < -0.3 is 21.6 Å². The summed E-state index contributed by atoms with van der Waals surface area (Å²) in [6.45, 7) is 11.2. The molecule has 0 bridgehead atoms. The second-order valence-electron chi connectivity index (χ2n) is 5.89. The summed E-state index contributed by atoms with van der Waals surface area (Å²) >= 11 is 0. The second kappa shape index (κ2) is 9.76. The molecule has 1 radical (unpaired) electrons. The third-order valence-electron chi connectivity index (χ3n) is 4.45. The van der Waals surface area contributed by atoms with E-state index in [0.29, 0.717) is 5.92 Å². The Kier molecular flexibility index (Phi) is 9.64. The number of amides is 1. The Balaban J connectivity index is 0.00000141. The zero-order valence-electron chi connectivity index (χ0n) is 14.7. The van der Waals surface area contributed by atoms with Crippen molar-refractivity contribution in [1.82, 2.24) is 14.8 Å². The number of carbonyl (C=O) groups is 1. The Hall–Kier alpha value is -0.286. The Morgan fingerprint density at radius 1 is 1.32 bits per heavy atom. The van der Waals surface area contributed by atoms with Gasteiger partial charge in [-0.3, -0.25) is 0 Å². The van der Waals surface area contributed by atoms with Crippen molar-refractivity contribution in [2.75, 3.05) is 7.05 Å². The van der Waals surface area contributed by atoms with Crippen LogP contribution in [0.3, 0.4) is 0 Å². The van der Waals surface area contributed by atoms with Gasteiger partial charge in [-0.1, -0.05) is 20.8 Å². The predicted octanol–water partition coefficient (Wildman–Crippen LogP) is 3.44. The van der Waals surface area contributed by atoms with E-state index in [1.165, 1.54) is 12.8 Å². The molecule has 123 valence electrons. The summed E-state index contributed by atoms with van der Waals surface area (Å²) in [4.78, 5) is 11.7. The third-order valence-corrected chi connectivity index (χ3v) is 4.45. The van der Waals surface area contributed by atoms with Gasteiger partial charge in [-0.25, -0.2) is 0 Å². The Bertz CT molecular complexity index is 469. The van der Waals surface area contributed by atoms with Gasteiger partial charge in [0.15, 0.2) is 0 Å². The van der Waals surface area contributed by atoms with E-state index in [1.807, 2.05) is 20.9 Å². The number of nitrogens with zero attached hydrogens (tertiary/aromatic N) is 4. The van der Waals surface area contributed by atoms with E-state index in [4.69, 9.17) is 0 Å². The number of rotatable bonds is 4. The molecule has 2 atom stereocenters. The molecule has 1 aliphatic rings. The van der Waals surface area contributed by atoms with E-state index >= 15 is 0 Å². The fourth-order valence-corrected chi connectivity index (χ4v) is 2.86. The summed E-state index contributed by atoms with van der Waals surface area (Å²) < 4.78 is 2.07. The van der Waals surface area contributed by atoms with Gasteiger partial charge in [-0.15, -0.1) is 17.2 Å². The van der Waals surface area contributed by atoms with Crippen molar-refractivity contribution in [3.63, 3.8) is 0 Å². The van der Waals surface area contributed by atoms with Crippen molar-refractivity contribution in [2.24, 2.45) is 18.9 Å². The molecule has 5 nitrogen and oxygen atoms in total. The van der Waals surface area contributed by atoms with Crippen LogP contribution in [0.5, 0.6) is 0 Å². The van der Waals surface area contributed by atoms with Crippen molar-refractivity contribution < 1.29 is 37.5 Å². The summed E-state index contributed by atoms with van der Waals surface area (Å²) in [7, 11) is 3.55. The summed E-state index contributed by atoms with van der Waals surface area (Å²) in [5.41, 5.74) is 0. The van der Waals surface area contributed by atoms with Gasteiger partial charge in [0.05, 0.1) is 5.91 Å². The maximum Gasteiger partial charge on any atom is 0.136 e. The minimum Gasteiger partial charge on any atom is -0.656 e. The topological polar surface area (TPSA) is 61.9 Å². The number of hydrogen-bond donors (Lipinski definition) is 0. The SMILES string of the molecule is C[N-]C(=O)C(C)C(C)c1nnc(C2CC(C)C2)n1C.[CH2-]C.[Y]. The van der Waals surface area contributed by atoms with Gasteiger partial charge in [0.1, 0.15) is 11.6 Å². The van der Waals surface area contributed by atoms with Crippen LogP contribution in [0.2, 0.25) is 0 Å². The van der Waals surface area contributed by atoms with Crippen molar-refractivity contribution in [3.05, 3.63) is 23.9 Å². The molecule has 1 aromatic rings. The fourth-order valence-electron chi connectivity index (χ4n) is 2.86. The predicted molar refractivity (Wildman–Crippen MR) is 85.0 cm³/mol. The molecule has 1 fully saturated rings. The molecule has 2 unspecified atom stereocenters. The van der Waals surface area contributed by atoms with E-state index in [2.05, 4.69) is 33.9 Å². The standard InChI is InChI=1S/C14H24N4O.C2H5.Y/c1-8-6-11(7-8)13-17-16-12(18(13)5)9(2)10(3)14(19)15-4;1-2;/h8-11H,6-7H2,1-5H3,(H,15,19);1H2,2H3;/q;-1;/p-1. The van der Waals surface area contributed by atoms with Gasteiger partial charge in [0, 0.05) is 57.5 Å². The average molecular weight is 381 g/mol. The molecule has 6 heteroatoms. The molecule has 0 aliphatic heterocycles. The molecule has 1 aromatic heterocycles. The molecule has 1 amide bonds. The average Bonchev–Trinajstić information content (AvgIpc) is 2.85. The number of carbonyl (C=O) groups excluding carboxylic acids is 1. The van der Waals surface area contributed by atoms with Crippen LogP contribution in [0, 0.1) is 18.8 Å². The van der Waals surface area contributed by atoms with Crippen LogP contribution in [-0.4, -0.2) is 27.7 Å². The van der Waals surface area contributed by atoms with E-state index in [0.717, 1.165) is 17.6 Å². The smallest absolute Gasteiger partial charge is 0.136 e. The van der Waals surface area contributed by atoms with Crippen molar-refractivity contribution >= 4 is 5.91 Å². The summed E-state index contributed by atoms with van der Waals surface area (Å²) in [6, 6.07) is 0. The molecule has 1 heterocycles. The van der Waals surface area contributed by atoms with Crippen molar-refractivity contribution in [1.29, 1.82) is 0 Å². The first kappa shape index (κ1) is 21.7. The molecular weight excluding hydrogens is 353 g/mol. The largest absolute Gasteiger partial charge is 0.656 e. The van der Waals surface area contributed by atoms with Crippen LogP contribution in [-0.2, 0) is 44.6 Å². The van der Waals surface area contributed by atoms with Gasteiger partial charge in [0.25, 0.3) is 0 Å². The Labute approximate surface area is 159 Å². The zero-order valence-corrected chi connectivity index (χ0v) is 17.5. The first-order valence-corrected chi connectivity index (χ1v) is 7.69. The van der Waals surface area contributed by atoms with Crippen molar-refractivity contribution in [2.45, 2.75) is 52.4 Å². The minimum absolute atomic E-state index is 0. The van der Waals surface area contributed by atoms with Crippen LogP contribution >= 0.6 is 0 Å². The van der Waals surface area contributed by atoms with Gasteiger partial charge in [0.2, 0.25) is 0 Å². The maximum absolute atomic E-state index is 11.7. The van der Waals surface area contributed by atoms with E-state index < -0.39 is 0 Å². The normalized spacial score (nSPS) is 22.3. The monoisotopic (exact) mass is 381 g/mol. The Morgan fingerprint density at radius 2 is 1.86 bits per heavy atom. The molecular formula is C16H28N4OY-2.